The number of carbonyl (C=O) groups is 1. The van der Waals surface area contributed by atoms with Crippen LogP contribution in [-0.4, -0.2) is 52.0 Å². The minimum absolute atomic E-state index is 0.289. The number of hydrogen-bond acceptors (Lipinski definition) is 5. The average molecular weight is 266 g/mol. The molecule has 0 saturated carbocycles. The first kappa shape index (κ1) is 14.0. The number of likely N-dealkylation sites (tertiary alicyclic amines) is 1. The van der Waals surface area contributed by atoms with Crippen molar-refractivity contribution >= 4 is 5.97 Å². The van der Waals surface area contributed by atoms with Crippen molar-refractivity contribution in [1.29, 1.82) is 0 Å². The summed E-state index contributed by atoms with van der Waals surface area (Å²) in [5.41, 5.74) is 0.576. The Morgan fingerprint density at radius 3 is 2.53 bits per heavy atom. The highest BCUT2D eigenvalue weighted by Crippen LogP contribution is 2.28. The van der Waals surface area contributed by atoms with Crippen molar-refractivity contribution in [3.8, 4) is 0 Å². The van der Waals surface area contributed by atoms with Crippen molar-refractivity contribution in [2.75, 3.05) is 20.1 Å². The van der Waals surface area contributed by atoms with Crippen molar-refractivity contribution in [2.24, 2.45) is 0 Å². The molecule has 0 atom stereocenters. The summed E-state index contributed by atoms with van der Waals surface area (Å²) in [4.78, 5) is 14.4. The molecule has 1 saturated heterocycles. The van der Waals surface area contributed by atoms with E-state index >= 15 is 0 Å². The minimum atomic E-state index is -0.514. The van der Waals surface area contributed by atoms with Crippen LogP contribution in [0, 0.1) is 0 Å². The van der Waals surface area contributed by atoms with Gasteiger partial charge in [-0.2, -0.15) is 10.3 Å². The van der Waals surface area contributed by atoms with E-state index in [1.54, 1.807) is 0 Å². The highest BCUT2D eigenvalue weighted by atomic mass is 16.6. The molecule has 1 fully saturated rings. The molecule has 0 radical (unpaired) electrons. The summed E-state index contributed by atoms with van der Waals surface area (Å²) in [6.45, 7) is 7.58. The van der Waals surface area contributed by atoms with Gasteiger partial charge in [0.15, 0.2) is 5.69 Å². The largest absolute Gasteiger partial charge is 0.455 e. The second-order valence-corrected chi connectivity index (χ2v) is 6.14. The van der Waals surface area contributed by atoms with Crippen molar-refractivity contribution in [3.05, 3.63) is 11.4 Å². The smallest absolute Gasteiger partial charge is 0.361 e. The third kappa shape index (κ3) is 3.53. The Hall–Kier alpha value is -1.43. The highest BCUT2D eigenvalue weighted by molar-refractivity contribution is 5.88. The first-order chi connectivity index (χ1) is 8.87. The van der Waals surface area contributed by atoms with Crippen molar-refractivity contribution in [3.63, 3.8) is 0 Å². The number of nitrogens with one attached hydrogen (secondary N) is 1. The summed E-state index contributed by atoms with van der Waals surface area (Å²) in [6, 6.07) is 0. The normalized spacial score (nSPS) is 18.5. The van der Waals surface area contributed by atoms with Gasteiger partial charge in [-0.25, -0.2) is 4.79 Å². The average Bonchev–Trinajstić information content (AvgIpc) is 2.76. The van der Waals surface area contributed by atoms with E-state index in [2.05, 4.69) is 27.4 Å². The van der Waals surface area contributed by atoms with Gasteiger partial charge < -0.3 is 9.64 Å². The van der Waals surface area contributed by atoms with Gasteiger partial charge in [0, 0.05) is 5.92 Å². The summed E-state index contributed by atoms with van der Waals surface area (Å²) in [5.74, 6) is -0.104. The van der Waals surface area contributed by atoms with E-state index in [1.165, 1.54) is 0 Å². The summed E-state index contributed by atoms with van der Waals surface area (Å²) in [6.07, 6.45) is 2.00. The third-order valence-corrected chi connectivity index (χ3v) is 3.27. The van der Waals surface area contributed by atoms with Crippen LogP contribution in [0.5, 0.6) is 0 Å². The van der Waals surface area contributed by atoms with Crippen LogP contribution in [0.2, 0.25) is 0 Å². The summed E-state index contributed by atoms with van der Waals surface area (Å²) < 4.78 is 5.36. The number of esters is 1. The predicted molar refractivity (Wildman–Crippen MR) is 71.0 cm³/mol. The van der Waals surface area contributed by atoms with Crippen LogP contribution in [-0.2, 0) is 4.74 Å². The lowest BCUT2D eigenvalue weighted by Crippen LogP contribution is -2.30. The van der Waals surface area contributed by atoms with E-state index in [1.807, 2.05) is 20.8 Å². The van der Waals surface area contributed by atoms with E-state index in [4.69, 9.17) is 4.74 Å². The molecule has 106 valence electrons. The number of aromatic amines is 1. The molecular formula is C13H22N4O2. The van der Waals surface area contributed by atoms with Gasteiger partial charge in [-0.05, 0) is 53.8 Å². The first-order valence-electron chi connectivity index (χ1n) is 6.69. The number of hydrogen-bond donors (Lipinski definition) is 1. The number of rotatable bonds is 2. The Bertz CT molecular complexity index is 442. The molecule has 6 heteroatoms. The molecule has 0 amide bonds. The molecule has 1 aromatic rings. The Kier molecular flexibility index (Phi) is 3.89. The van der Waals surface area contributed by atoms with Gasteiger partial charge in [-0.1, -0.05) is 0 Å². The van der Waals surface area contributed by atoms with Crippen molar-refractivity contribution in [2.45, 2.75) is 45.1 Å². The summed E-state index contributed by atoms with van der Waals surface area (Å²) in [7, 11) is 2.10. The molecule has 1 aliphatic heterocycles. The molecular weight excluding hydrogens is 244 g/mol. The Balaban J connectivity index is 2.11. The maximum Gasteiger partial charge on any atom is 0.361 e. The molecule has 6 nitrogen and oxygen atoms in total. The molecule has 0 spiro atoms. The molecule has 1 aliphatic rings. The predicted octanol–water partition coefficient (Wildman–Crippen LogP) is 1.57. The first-order valence-corrected chi connectivity index (χ1v) is 6.69. The quantitative estimate of drug-likeness (QED) is 0.823. The summed E-state index contributed by atoms with van der Waals surface area (Å²) >= 11 is 0. The van der Waals surface area contributed by atoms with E-state index in [9.17, 15) is 4.79 Å². The van der Waals surface area contributed by atoms with Crippen molar-refractivity contribution in [1.82, 2.24) is 20.3 Å². The van der Waals surface area contributed by atoms with Crippen LogP contribution in [0.3, 0.4) is 0 Å². The Morgan fingerprint density at radius 2 is 1.95 bits per heavy atom. The number of nitrogens with zero attached hydrogens (tertiary/aromatic N) is 3. The lowest BCUT2D eigenvalue weighted by atomic mass is 9.92. The lowest BCUT2D eigenvalue weighted by Gasteiger charge is -2.28. The third-order valence-electron chi connectivity index (χ3n) is 3.27. The van der Waals surface area contributed by atoms with Crippen LogP contribution < -0.4 is 0 Å². The molecule has 1 aromatic heterocycles. The Labute approximate surface area is 113 Å². The maximum absolute atomic E-state index is 12.1. The van der Waals surface area contributed by atoms with Gasteiger partial charge in [0.25, 0.3) is 0 Å². The number of ether oxygens (including phenoxy) is 1. The molecule has 2 rings (SSSR count). The standard InChI is InChI=1S/C13H22N4O2/c1-13(2,3)19-12(18)11-10(14-16-15-11)9-5-7-17(4)8-6-9/h9H,5-8H2,1-4H3,(H,14,15,16). The molecule has 2 heterocycles. The van der Waals surface area contributed by atoms with Gasteiger partial charge in [0.05, 0.1) is 0 Å². The van der Waals surface area contributed by atoms with E-state index in [-0.39, 0.29) is 5.92 Å². The zero-order valence-corrected chi connectivity index (χ0v) is 12.1. The number of carbonyl (C=O) groups excluding carboxylic acids is 1. The van der Waals surface area contributed by atoms with Crippen molar-refractivity contribution < 1.29 is 9.53 Å². The summed E-state index contributed by atoms with van der Waals surface area (Å²) in [5, 5.41) is 10.7. The maximum atomic E-state index is 12.1. The van der Waals surface area contributed by atoms with Gasteiger partial charge in [-0.15, -0.1) is 5.10 Å². The SMILES string of the molecule is CN1CCC(c2n[nH]nc2C(=O)OC(C)(C)C)CC1. The number of aromatic nitrogens is 3. The molecule has 0 bridgehead atoms. The number of piperidine rings is 1. The second-order valence-electron chi connectivity index (χ2n) is 6.14. The van der Waals surface area contributed by atoms with E-state index < -0.39 is 11.6 Å². The fourth-order valence-corrected chi connectivity index (χ4v) is 2.28. The van der Waals surface area contributed by atoms with Gasteiger partial charge in [-0.3, -0.25) is 0 Å². The molecule has 0 aliphatic carbocycles. The molecule has 0 aromatic carbocycles. The zero-order valence-electron chi connectivity index (χ0n) is 12.1. The number of H-pyrrole nitrogens is 1. The molecule has 19 heavy (non-hydrogen) atoms. The van der Waals surface area contributed by atoms with E-state index in [0.29, 0.717) is 5.69 Å². The van der Waals surface area contributed by atoms with Crippen LogP contribution >= 0.6 is 0 Å². The van der Waals surface area contributed by atoms with Crippen LogP contribution in [0.1, 0.15) is 55.7 Å². The van der Waals surface area contributed by atoms with Gasteiger partial charge >= 0.3 is 5.97 Å². The van der Waals surface area contributed by atoms with Crippen LogP contribution in [0.25, 0.3) is 0 Å². The monoisotopic (exact) mass is 266 g/mol. The fourth-order valence-electron chi connectivity index (χ4n) is 2.28. The lowest BCUT2D eigenvalue weighted by molar-refractivity contribution is 0.00605. The molecule has 0 unspecified atom stereocenters. The van der Waals surface area contributed by atoms with Gasteiger partial charge in [0.2, 0.25) is 0 Å². The highest BCUT2D eigenvalue weighted by Gasteiger charge is 2.29. The van der Waals surface area contributed by atoms with Gasteiger partial charge in [0.1, 0.15) is 11.3 Å². The topological polar surface area (TPSA) is 71.1 Å². The van der Waals surface area contributed by atoms with E-state index in [0.717, 1.165) is 31.6 Å². The molecule has 1 N–H and O–H groups in total. The van der Waals surface area contributed by atoms with Crippen LogP contribution in [0.15, 0.2) is 0 Å². The Morgan fingerprint density at radius 1 is 1.32 bits per heavy atom. The van der Waals surface area contributed by atoms with Crippen LogP contribution in [0.4, 0.5) is 0 Å². The second kappa shape index (κ2) is 5.28. The zero-order chi connectivity index (χ0) is 14.0. The fraction of sp³-hybridized carbons (Fsp3) is 0.769. The minimum Gasteiger partial charge on any atom is -0.455 e.